The second kappa shape index (κ2) is 10.2. The summed E-state index contributed by atoms with van der Waals surface area (Å²) in [5.41, 5.74) is 3.56. The first-order valence-corrected chi connectivity index (χ1v) is 9.99. The molecule has 0 radical (unpaired) electrons. The molecule has 1 N–H and O–H groups in total. The van der Waals surface area contributed by atoms with Crippen molar-refractivity contribution in [1.29, 1.82) is 0 Å². The molecular formula is C23H30N2O3. The van der Waals surface area contributed by atoms with Gasteiger partial charge in [-0.15, -0.1) is 0 Å². The van der Waals surface area contributed by atoms with E-state index in [4.69, 9.17) is 9.47 Å². The zero-order chi connectivity index (χ0) is 19.8. The fourth-order valence-corrected chi connectivity index (χ4v) is 3.45. The van der Waals surface area contributed by atoms with Gasteiger partial charge in [-0.25, -0.2) is 0 Å². The predicted molar refractivity (Wildman–Crippen MR) is 112 cm³/mol. The maximum absolute atomic E-state index is 11.1. The number of benzene rings is 2. The number of carbonyl (C=O) groups is 1. The fourth-order valence-electron chi connectivity index (χ4n) is 3.45. The minimum Gasteiger partial charge on any atom is -0.492 e. The molecule has 0 aliphatic carbocycles. The molecule has 1 amide bonds. The van der Waals surface area contributed by atoms with E-state index in [0.29, 0.717) is 6.61 Å². The summed E-state index contributed by atoms with van der Waals surface area (Å²) in [6.45, 7) is 8.82. The second-order valence-electron chi connectivity index (χ2n) is 7.33. The Balaban J connectivity index is 1.49. The standard InChI is InChI=1S/C23H30N2O3/c1-18(24-19(2)26)17-20-3-5-21(6-4-20)22-7-9-23(10-8-22)28-16-13-25-11-14-27-15-12-25/h3-10,18H,11-17H2,1-2H3,(H,24,26). The number of amides is 1. The minimum absolute atomic E-state index is 0.0105. The SMILES string of the molecule is CC(=O)NC(C)Cc1ccc(-c2ccc(OCCN3CCOCC3)cc2)cc1. The zero-order valence-electron chi connectivity index (χ0n) is 16.8. The van der Waals surface area contributed by atoms with Crippen molar-refractivity contribution >= 4 is 5.91 Å². The molecule has 1 aliphatic rings. The van der Waals surface area contributed by atoms with Crippen molar-refractivity contribution in [2.75, 3.05) is 39.5 Å². The van der Waals surface area contributed by atoms with Gasteiger partial charge in [0.1, 0.15) is 12.4 Å². The molecule has 2 aromatic carbocycles. The summed E-state index contributed by atoms with van der Waals surface area (Å²) < 4.78 is 11.2. The molecule has 5 heteroatoms. The predicted octanol–water partition coefficient (Wildman–Crippen LogP) is 3.13. The van der Waals surface area contributed by atoms with Gasteiger partial charge in [0.05, 0.1) is 13.2 Å². The van der Waals surface area contributed by atoms with E-state index in [9.17, 15) is 4.79 Å². The molecule has 2 aromatic rings. The Bertz CT molecular complexity index is 737. The van der Waals surface area contributed by atoms with Crippen LogP contribution < -0.4 is 10.1 Å². The lowest BCUT2D eigenvalue weighted by Crippen LogP contribution is -2.38. The number of rotatable bonds is 8. The molecule has 1 saturated heterocycles. The molecule has 0 spiro atoms. The van der Waals surface area contributed by atoms with E-state index in [-0.39, 0.29) is 11.9 Å². The molecule has 1 atom stereocenters. The van der Waals surface area contributed by atoms with Crippen LogP contribution in [0.4, 0.5) is 0 Å². The maximum Gasteiger partial charge on any atom is 0.217 e. The monoisotopic (exact) mass is 382 g/mol. The third-order valence-corrected chi connectivity index (χ3v) is 4.91. The Kier molecular flexibility index (Phi) is 7.46. The summed E-state index contributed by atoms with van der Waals surface area (Å²) in [5, 5.41) is 2.92. The van der Waals surface area contributed by atoms with Crippen LogP contribution in [0.1, 0.15) is 19.4 Å². The molecule has 0 aromatic heterocycles. The highest BCUT2D eigenvalue weighted by Crippen LogP contribution is 2.23. The Morgan fingerprint density at radius 1 is 1.07 bits per heavy atom. The highest BCUT2D eigenvalue weighted by Gasteiger charge is 2.10. The van der Waals surface area contributed by atoms with Crippen LogP contribution in [0, 0.1) is 0 Å². The second-order valence-corrected chi connectivity index (χ2v) is 7.33. The topological polar surface area (TPSA) is 50.8 Å². The van der Waals surface area contributed by atoms with Crippen LogP contribution in [-0.4, -0.2) is 56.3 Å². The molecule has 3 rings (SSSR count). The lowest BCUT2D eigenvalue weighted by atomic mass is 10.0. The largest absolute Gasteiger partial charge is 0.492 e. The van der Waals surface area contributed by atoms with Gasteiger partial charge in [0, 0.05) is 32.6 Å². The van der Waals surface area contributed by atoms with Gasteiger partial charge in [-0.1, -0.05) is 36.4 Å². The molecule has 0 saturated carbocycles. The lowest BCUT2D eigenvalue weighted by Gasteiger charge is -2.26. The van der Waals surface area contributed by atoms with Crippen LogP contribution in [0.15, 0.2) is 48.5 Å². The Hall–Kier alpha value is -2.37. The fraction of sp³-hybridized carbons (Fsp3) is 0.435. The van der Waals surface area contributed by atoms with E-state index in [1.165, 1.54) is 16.7 Å². The van der Waals surface area contributed by atoms with Crippen molar-refractivity contribution in [2.45, 2.75) is 26.3 Å². The highest BCUT2D eigenvalue weighted by molar-refractivity contribution is 5.73. The summed E-state index contributed by atoms with van der Waals surface area (Å²) >= 11 is 0. The number of nitrogens with one attached hydrogen (secondary N) is 1. The van der Waals surface area contributed by atoms with E-state index in [0.717, 1.165) is 45.0 Å². The van der Waals surface area contributed by atoms with Crippen LogP contribution in [0.3, 0.4) is 0 Å². The molecule has 150 valence electrons. The van der Waals surface area contributed by atoms with Crippen LogP contribution in [0.2, 0.25) is 0 Å². The van der Waals surface area contributed by atoms with Crippen molar-refractivity contribution in [3.05, 3.63) is 54.1 Å². The number of hydrogen-bond acceptors (Lipinski definition) is 4. The summed E-state index contributed by atoms with van der Waals surface area (Å²) in [6, 6.07) is 16.9. The van der Waals surface area contributed by atoms with Crippen LogP contribution in [-0.2, 0) is 16.0 Å². The Morgan fingerprint density at radius 2 is 1.68 bits per heavy atom. The first-order valence-electron chi connectivity index (χ1n) is 9.99. The molecular weight excluding hydrogens is 352 g/mol. The number of nitrogens with zero attached hydrogens (tertiary/aromatic N) is 1. The van der Waals surface area contributed by atoms with E-state index in [2.05, 4.69) is 46.6 Å². The van der Waals surface area contributed by atoms with Gasteiger partial charge in [-0.05, 0) is 42.2 Å². The van der Waals surface area contributed by atoms with Crippen molar-refractivity contribution in [3.8, 4) is 16.9 Å². The van der Waals surface area contributed by atoms with E-state index in [1.807, 2.05) is 19.1 Å². The number of carbonyl (C=O) groups excluding carboxylic acids is 1. The van der Waals surface area contributed by atoms with Crippen molar-refractivity contribution in [3.63, 3.8) is 0 Å². The average Bonchev–Trinajstić information content (AvgIpc) is 2.69. The van der Waals surface area contributed by atoms with Crippen molar-refractivity contribution < 1.29 is 14.3 Å². The minimum atomic E-state index is 0.0105. The molecule has 1 heterocycles. The normalized spacial score (nSPS) is 15.8. The van der Waals surface area contributed by atoms with E-state index >= 15 is 0 Å². The Labute approximate surface area is 167 Å². The lowest BCUT2D eigenvalue weighted by molar-refractivity contribution is -0.119. The number of morpholine rings is 1. The molecule has 28 heavy (non-hydrogen) atoms. The quantitative estimate of drug-likeness (QED) is 0.762. The van der Waals surface area contributed by atoms with Gasteiger partial charge in [-0.2, -0.15) is 0 Å². The summed E-state index contributed by atoms with van der Waals surface area (Å²) in [4.78, 5) is 13.5. The molecule has 0 bridgehead atoms. The number of hydrogen-bond donors (Lipinski definition) is 1. The van der Waals surface area contributed by atoms with Gasteiger partial charge >= 0.3 is 0 Å². The molecule has 1 fully saturated rings. The van der Waals surface area contributed by atoms with Gasteiger partial charge in [0.15, 0.2) is 0 Å². The molecule has 1 unspecified atom stereocenters. The smallest absolute Gasteiger partial charge is 0.217 e. The van der Waals surface area contributed by atoms with Gasteiger partial charge in [0.25, 0.3) is 0 Å². The molecule has 5 nitrogen and oxygen atoms in total. The third kappa shape index (κ3) is 6.36. The van der Waals surface area contributed by atoms with E-state index < -0.39 is 0 Å². The summed E-state index contributed by atoms with van der Waals surface area (Å²) in [5.74, 6) is 0.911. The van der Waals surface area contributed by atoms with Crippen molar-refractivity contribution in [1.82, 2.24) is 10.2 Å². The average molecular weight is 383 g/mol. The first kappa shape index (κ1) is 20.4. The maximum atomic E-state index is 11.1. The first-order chi connectivity index (χ1) is 13.6. The Morgan fingerprint density at radius 3 is 2.29 bits per heavy atom. The zero-order valence-corrected chi connectivity index (χ0v) is 16.8. The van der Waals surface area contributed by atoms with Crippen LogP contribution in [0.5, 0.6) is 5.75 Å². The van der Waals surface area contributed by atoms with Gasteiger partial charge < -0.3 is 14.8 Å². The highest BCUT2D eigenvalue weighted by atomic mass is 16.5. The third-order valence-electron chi connectivity index (χ3n) is 4.91. The van der Waals surface area contributed by atoms with Gasteiger partial charge in [0.2, 0.25) is 5.91 Å². The summed E-state index contributed by atoms with van der Waals surface area (Å²) in [6.07, 6.45) is 0.829. The van der Waals surface area contributed by atoms with E-state index in [1.54, 1.807) is 6.92 Å². The van der Waals surface area contributed by atoms with Crippen molar-refractivity contribution in [2.24, 2.45) is 0 Å². The van der Waals surface area contributed by atoms with Gasteiger partial charge in [-0.3, -0.25) is 9.69 Å². The molecule has 1 aliphatic heterocycles. The number of ether oxygens (including phenoxy) is 2. The van der Waals surface area contributed by atoms with Crippen LogP contribution in [0.25, 0.3) is 11.1 Å². The van der Waals surface area contributed by atoms with Crippen LogP contribution >= 0.6 is 0 Å². The summed E-state index contributed by atoms with van der Waals surface area (Å²) in [7, 11) is 0.